The molecule has 1 atom stereocenters. The maximum absolute atomic E-state index is 12.7. The van der Waals surface area contributed by atoms with Crippen LogP contribution in [-0.4, -0.2) is 4.98 Å². The van der Waals surface area contributed by atoms with Gasteiger partial charge in [-0.05, 0) is 18.1 Å². The Balaban J connectivity index is 2.88. The molecule has 0 amide bonds. The van der Waals surface area contributed by atoms with Gasteiger partial charge in [-0.25, -0.2) is 4.98 Å². The largest absolute Gasteiger partial charge is 0.225 e. The van der Waals surface area contributed by atoms with Crippen molar-refractivity contribution in [2.75, 3.05) is 0 Å². The van der Waals surface area contributed by atoms with E-state index in [1.54, 1.807) is 6.07 Å². The predicted octanol–water partition coefficient (Wildman–Crippen LogP) is 2.98. The van der Waals surface area contributed by atoms with E-state index in [1.165, 1.54) is 6.07 Å². The van der Waals surface area contributed by atoms with Crippen LogP contribution < -0.4 is 0 Å². The Kier molecular flexibility index (Phi) is 2.79. The fraction of sp³-hybridized carbons (Fsp3) is 0.500. The number of pyridine rings is 1. The highest BCUT2D eigenvalue weighted by Crippen LogP contribution is 2.21. The van der Waals surface area contributed by atoms with Crippen molar-refractivity contribution in [2.45, 2.75) is 26.7 Å². The first-order chi connectivity index (χ1) is 5.61. The quantitative estimate of drug-likeness (QED) is 0.617. The normalized spacial score (nSPS) is 13.4. The van der Waals surface area contributed by atoms with Crippen molar-refractivity contribution < 1.29 is 4.39 Å². The average molecular weight is 167 g/mol. The minimum atomic E-state index is -0.389. The summed E-state index contributed by atoms with van der Waals surface area (Å²) < 4.78 is 12.7. The number of nitrogens with zero attached hydrogens (tertiary/aromatic N) is 1. The summed E-state index contributed by atoms with van der Waals surface area (Å²) in [5, 5.41) is 0. The van der Waals surface area contributed by atoms with Crippen LogP contribution in [0.4, 0.5) is 4.39 Å². The molecule has 12 heavy (non-hydrogen) atoms. The molecule has 0 aliphatic rings. The van der Waals surface area contributed by atoms with Gasteiger partial charge in [-0.2, -0.15) is 4.39 Å². The second-order valence-electron chi connectivity index (χ2n) is 3.42. The van der Waals surface area contributed by atoms with Crippen molar-refractivity contribution in [1.82, 2.24) is 4.98 Å². The summed E-state index contributed by atoms with van der Waals surface area (Å²) in [6.07, 6.45) is 0. The second kappa shape index (κ2) is 3.65. The minimum absolute atomic E-state index is 0.320. The zero-order valence-corrected chi connectivity index (χ0v) is 7.71. The molecule has 1 aromatic heterocycles. The van der Waals surface area contributed by atoms with E-state index in [4.69, 9.17) is 0 Å². The fourth-order valence-electron chi connectivity index (χ4n) is 1.02. The first kappa shape index (κ1) is 9.17. The van der Waals surface area contributed by atoms with Gasteiger partial charge in [0.1, 0.15) is 0 Å². The van der Waals surface area contributed by atoms with Crippen molar-refractivity contribution in [2.24, 2.45) is 5.92 Å². The van der Waals surface area contributed by atoms with Gasteiger partial charge in [0, 0.05) is 11.6 Å². The minimum Gasteiger partial charge on any atom is -0.225 e. The Morgan fingerprint density at radius 1 is 1.25 bits per heavy atom. The molecular formula is C10H14FN. The molecule has 1 aromatic rings. The monoisotopic (exact) mass is 167 g/mol. The summed E-state index contributed by atoms with van der Waals surface area (Å²) >= 11 is 0. The lowest BCUT2D eigenvalue weighted by atomic mass is 9.94. The van der Waals surface area contributed by atoms with Crippen LogP contribution in [0.3, 0.4) is 0 Å². The fourth-order valence-corrected chi connectivity index (χ4v) is 1.02. The van der Waals surface area contributed by atoms with E-state index >= 15 is 0 Å². The van der Waals surface area contributed by atoms with Gasteiger partial charge in [-0.3, -0.25) is 0 Å². The first-order valence-corrected chi connectivity index (χ1v) is 4.23. The lowest BCUT2D eigenvalue weighted by Crippen LogP contribution is -2.04. The number of rotatable bonds is 2. The number of hydrogen-bond donors (Lipinski definition) is 0. The van der Waals surface area contributed by atoms with Crippen LogP contribution >= 0.6 is 0 Å². The van der Waals surface area contributed by atoms with Gasteiger partial charge >= 0.3 is 0 Å². The molecule has 2 heteroatoms. The third-order valence-electron chi connectivity index (χ3n) is 2.20. The van der Waals surface area contributed by atoms with Crippen LogP contribution in [0.15, 0.2) is 18.2 Å². The third-order valence-corrected chi connectivity index (χ3v) is 2.20. The van der Waals surface area contributed by atoms with E-state index in [1.807, 2.05) is 6.07 Å². The summed E-state index contributed by atoms with van der Waals surface area (Å²) in [4.78, 5) is 3.83. The zero-order chi connectivity index (χ0) is 9.14. The highest BCUT2D eigenvalue weighted by Gasteiger charge is 2.11. The van der Waals surface area contributed by atoms with E-state index in [-0.39, 0.29) is 5.95 Å². The number of aromatic nitrogens is 1. The van der Waals surface area contributed by atoms with Crippen LogP contribution in [0.2, 0.25) is 0 Å². The Morgan fingerprint density at radius 2 is 1.92 bits per heavy atom. The molecule has 1 unspecified atom stereocenters. The lowest BCUT2D eigenvalue weighted by Gasteiger charge is -2.14. The third kappa shape index (κ3) is 2.03. The Morgan fingerprint density at radius 3 is 2.42 bits per heavy atom. The Labute approximate surface area is 72.6 Å². The van der Waals surface area contributed by atoms with Gasteiger partial charge in [-0.1, -0.05) is 26.8 Å². The molecule has 0 saturated heterocycles. The molecule has 0 aliphatic carbocycles. The molecule has 0 N–H and O–H groups in total. The maximum atomic E-state index is 12.7. The topological polar surface area (TPSA) is 12.9 Å². The summed E-state index contributed by atoms with van der Waals surface area (Å²) in [5.41, 5.74) is 0.838. The predicted molar refractivity (Wildman–Crippen MR) is 47.4 cm³/mol. The van der Waals surface area contributed by atoms with E-state index in [2.05, 4.69) is 25.8 Å². The van der Waals surface area contributed by atoms with Crippen molar-refractivity contribution in [3.8, 4) is 0 Å². The lowest BCUT2D eigenvalue weighted by molar-refractivity contribution is 0.504. The highest BCUT2D eigenvalue weighted by molar-refractivity contribution is 5.09. The standard InChI is InChI=1S/C10H14FN/c1-7(2)8(3)9-5-4-6-10(11)12-9/h4-8H,1-3H3. The molecule has 0 bridgehead atoms. The molecule has 0 spiro atoms. The second-order valence-corrected chi connectivity index (χ2v) is 3.42. The molecule has 1 nitrogen and oxygen atoms in total. The first-order valence-electron chi connectivity index (χ1n) is 4.23. The molecule has 1 heterocycles. The maximum Gasteiger partial charge on any atom is 0.213 e. The summed E-state index contributed by atoms with van der Waals surface area (Å²) in [6.45, 7) is 6.28. The van der Waals surface area contributed by atoms with E-state index in [9.17, 15) is 4.39 Å². The number of halogens is 1. The molecule has 0 aliphatic heterocycles. The van der Waals surface area contributed by atoms with Crippen molar-refractivity contribution in [3.05, 3.63) is 29.8 Å². The Bertz CT molecular complexity index is 258. The van der Waals surface area contributed by atoms with Gasteiger partial charge in [0.2, 0.25) is 5.95 Å². The molecule has 0 saturated carbocycles. The van der Waals surface area contributed by atoms with Gasteiger partial charge in [0.15, 0.2) is 0 Å². The van der Waals surface area contributed by atoms with Crippen LogP contribution in [-0.2, 0) is 0 Å². The van der Waals surface area contributed by atoms with Gasteiger partial charge < -0.3 is 0 Å². The number of hydrogen-bond acceptors (Lipinski definition) is 1. The van der Waals surface area contributed by atoms with Gasteiger partial charge in [-0.15, -0.1) is 0 Å². The van der Waals surface area contributed by atoms with Crippen LogP contribution in [0.5, 0.6) is 0 Å². The van der Waals surface area contributed by atoms with Gasteiger partial charge in [0.25, 0.3) is 0 Å². The smallest absolute Gasteiger partial charge is 0.213 e. The van der Waals surface area contributed by atoms with E-state index in [0.29, 0.717) is 11.8 Å². The molecular weight excluding hydrogens is 153 g/mol. The molecule has 0 fully saturated rings. The Hall–Kier alpha value is -0.920. The van der Waals surface area contributed by atoms with Crippen molar-refractivity contribution in [1.29, 1.82) is 0 Å². The average Bonchev–Trinajstić information content (AvgIpc) is 2.03. The van der Waals surface area contributed by atoms with Crippen molar-refractivity contribution in [3.63, 3.8) is 0 Å². The zero-order valence-electron chi connectivity index (χ0n) is 7.71. The van der Waals surface area contributed by atoms with E-state index < -0.39 is 0 Å². The van der Waals surface area contributed by atoms with Crippen molar-refractivity contribution >= 4 is 0 Å². The molecule has 1 rings (SSSR count). The van der Waals surface area contributed by atoms with Gasteiger partial charge in [0.05, 0.1) is 0 Å². The van der Waals surface area contributed by atoms with Crippen LogP contribution in [0.25, 0.3) is 0 Å². The van der Waals surface area contributed by atoms with Crippen LogP contribution in [0.1, 0.15) is 32.4 Å². The molecule has 0 radical (unpaired) electrons. The molecule has 0 aromatic carbocycles. The SMILES string of the molecule is CC(C)C(C)c1cccc(F)n1. The summed E-state index contributed by atoms with van der Waals surface area (Å²) in [6, 6.07) is 4.95. The summed E-state index contributed by atoms with van der Waals surface area (Å²) in [5.74, 6) is 0.431. The van der Waals surface area contributed by atoms with E-state index in [0.717, 1.165) is 5.69 Å². The highest BCUT2D eigenvalue weighted by atomic mass is 19.1. The van der Waals surface area contributed by atoms with Crippen LogP contribution in [0, 0.1) is 11.9 Å². The summed E-state index contributed by atoms with van der Waals surface area (Å²) in [7, 11) is 0. The molecule has 66 valence electrons.